The molecule has 1 aromatic heterocycles. The number of imidazole rings is 1. The van der Waals surface area contributed by atoms with Gasteiger partial charge in [0.05, 0.1) is 17.6 Å². The molecule has 1 fully saturated rings. The third-order valence-electron chi connectivity index (χ3n) is 6.69. The predicted molar refractivity (Wildman–Crippen MR) is 139 cm³/mol. The molecule has 36 heavy (non-hydrogen) atoms. The number of nitrogens with zero attached hydrogens (tertiary/aromatic N) is 3. The van der Waals surface area contributed by atoms with Crippen LogP contribution in [0.3, 0.4) is 0 Å². The molecule has 0 radical (unpaired) electrons. The lowest BCUT2D eigenvalue weighted by molar-refractivity contribution is -0.131. The zero-order valence-corrected chi connectivity index (χ0v) is 20.2. The minimum Gasteiger partial charge on any atom is -0.486 e. The average Bonchev–Trinajstić information content (AvgIpc) is 3.29. The molecule has 184 valence electrons. The summed E-state index contributed by atoms with van der Waals surface area (Å²) < 4.78 is 8.27. The molecule has 5 rings (SSSR count). The largest absolute Gasteiger partial charge is 0.486 e. The molecular formula is C29H30N4O3. The Kier molecular flexibility index (Phi) is 7.26. The van der Waals surface area contributed by atoms with E-state index in [9.17, 15) is 9.59 Å². The molecule has 1 saturated heterocycles. The van der Waals surface area contributed by atoms with E-state index in [4.69, 9.17) is 9.72 Å². The zero-order valence-electron chi connectivity index (χ0n) is 20.2. The molecule has 0 atom stereocenters. The van der Waals surface area contributed by atoms with Crippen LogP contribution in [-0.4, -0.2) is 45.9 Å². The Labute approximate surface area is 210 Å². The van der Waals surface area contributed by atoms with Gasteiger partial charge in [-0.15, -0.1) is 0 Å². The van der Waals surface area contributed by atoms with Crippen molar-refractivity contribution in [2.45, 2.75) is 26.0 Å². The topological polar surface area (TPSA) is 76.5 Å². The second-order valence-corrected chi connectivity index (χ2v) is 9.10. The van der Waals surface area contributed by atoms with E-state index in [0.29, 0.717) is 31.2 Å². The summed E-state index contributed by atoms with van der Waals surface area (Å²) in [7, 11) is 0. The van der Waals surface area contributed by atoms with Crippen molar-refractivity contribution in [1.82, 2.24) is 19.8 Å². The van der Waals surface area contributed by atoms with Gasteiger partial charge in [-0.25, -0.2) is 4.98 Å². The van der Waals surface area contributed by atoms with Gasteiger partial charge in [0, 0.05) is 25.2 Å². The summed E-state index contributed by atoms with van der Waals surface area (Å²) in [5.41, 5.74) is 2.63. The monoisotopic (exact) mass is 482 g/mol. The molecule has 7 heteroatoms. The number of benzene rings is 3. The fraction of sp³-hybridized carbons (Fsp3) is 0.276. The Balaban J connectivity index is 1.18. The molecule has 0 aliphatic carbocycles. The fourth-order valence-electron chi connectivity index (χ4n) is 4.69. The van der Waals surface area contributed by atoms with E-state index in [1.165, 1.54) is 0 Å². The minimum absolute atomic E-state index is 0.0194. The third kappa shape index (κ3) is 5.57. The Hall–Kier alpha value is -4.13. The standard InChI is InChI=1S/C29H30N4O3/c34-28(19-30-29(35)23-9-3-1-4-10-23)32-17-15-22(16-18-32)20-33-26-14-8-7-13-25(26)31-27(33)21-36-24-11-5-2-6-12-24/h1-14,22H,15-21H2,(H,30,35). The molecule has 2 heterocycles. The highest BCUT2D eigenvalue weighted by molar-refractivity contribution is 5.96. The van der Waals surface area contributed by atoms with Crippen molar-refractivity contribution < 1.29 is 14.3 Å². The average molecular weight is 483 g/mol. The Morgan fingerprint density at radius 3 is 2.31 bits per heavy atom. The summed E-state index contributed by atoms with van der Waals surface area (Å²) in [5, 5.41) is 2.74. The van der Waals surface area contributed by atoms with Gasteiger partial charge in [-0.05, 0) is 55.2 Å². The summed E-state index contributed by atoms with van der Waals surface area (Å²) in [6.45, 7) is 2.63. The maximum Gasteiger partial charge on any atom is 0.251 e. The molecule has 3 aromatic carbocycles. The molecule has 1 aliphatic heterocycles. The van der Waals surface area contributed by atoms with Crippen LogP contribution in [0.15, 0.2) is 84.9 Å². The third-order valence-corrected chi connectivity index (χ3v) is 6.69. The van der Waals surface area contributed by atoms with Gasteiger partial charge < -0.3 is 19.5 Å². The number of piperidine rings is 1. The maximum absolute atomic E-state index is 12.7. The first-order chi connectivity index (χ1) is 17.7. The first-order valence-corrected chi connectivity index (χ1v) is 12.4. The van der Waals surface area contributed by atoms with Crippen molar-refractivity contribution in [2.24, 2.45) is 5.92 Å². The molecule has 7 nitrogen and oxygen atoms in total. The van der Waals surface area contributed by atoms with Gasteiger partial charge in [0.2, 0.25) is 5.91 Å². The molecule has 0 spiro atoms. The molecule has 1 N–H and O–H groups in total. The lowest BCUT2D eigenvalue weighted by Gasteiger charge is -2.32. The van der Waals surface area contributed by atoms with E-state index in [1.807, 2.05) is 71.6 Å². The molecular weight excluding hydrogens is 452 g/mol. The van der Waals surface area contributed by atoms with Crippen LogP contribution in [0.5, 0.6) is 5.75 Å². The quantitative estimate of drug-likeness (QED) is 0.407. The van der Waals surface area contributed by atoms with Gasteiger partial charge >= 0.3 is 0 Å². The number of carbonyl (C=O) groups excluding carboxylic acids is 2. The highest BCUT2D eigenvalue weighted by atomic mass is 16.5. The van der Waals surface area contributed by atoms with Crippen molar-refractivity contribution in [3.8, 4) is 5.75 Å². The lowest BCUT2D eigenvalue weighted by Crippen LogP contribution is -2.44. The summed E-state index contributed by atoms with van der Waals surface area (Å²) in [5.74, 6) is 1.89. The van der Waals surface area contributed by atoms with Gasteiger partial charge in [-0.2, -0.15) is 0 Å². The molecule has 1 aliphatic rings. The summed E-state index contributed by atoms with van der Waals surface area (Å²) >= 11 is 0. The highest BCUT2D eigenvalue weighted by Crippen LogP contribution is 2.24. The smallest absolute Gasteiger partial charge is 0.251 e. The number of nitrogens with one attached hydrogen (secondary N) is 1. The van der Waals surface area contributed by atoms with E-state index in [-0.39, 0.29) is 18.4 Å². The van der Waals surface area contributed by atoms with Crippen LogP contribution in [0.1, 0.15) is 29.0 Å². The Morgan fingerprint density at radius 1 is 0.889 bits per heavy atom. The van der Waals surface area contributed by atoms with Gasteiger partial charge in [0.25, 0.3) is 5.91 Å². The zero-order chi connectivity index (χ0) is 24.7. The van der Waals surface area contributed by atoms with Crippen molar-refractivity contribution in [3.05, 3.63) is 96.3 Å². The van der Waals surface area contributed by atoms with Crippen LogP contribution < -0.4 is 10.1 Å². The van der Waals surface area contributed by atoms with Crippen LogP contribution in [0.4, 0.5) is 0 Å². The summed E-state index contributed by atoms with van der Waals surface area (Å²) in [6.07, 6.45) is 1.81. The van der Waals surface area contributed by atoms with E-state index in [0.717, 1.165) is 42.0 Å². The Bertz CT molecular complexity index is 1310. The number of carbonyl (C=O) groups is 2. The fourth-order valence-corrected chi connectivity index (χ4v) is 4.69. The number of likely N-dealkylation sites (tertiary alicyclic amines) is 1. The normalized spacial score (nSPS) is 14.1. The van der Waals surface area contributed by atoms with E-state index >= 15 is 0 Å². The van der Waals surface area contributed by atoms with Gasteiger partial charge in [0.15, 0.2) is 0 Å². The van der Waals surface area contributed by atoms with Crippen molar-refractivity contribution >= 4 is 22.8 Å². The number of aromatic nitrogens is 2. The molecule has 0 bridgehead atoms. The lowest BCUT2D eigenvalue weighted by atomic mass is 9.96. The van der Waals surface area contributed by atoms with Gasteiger partial charge in [0.1, 0.15) is 18.2 Å². The van der Waals surface area contributed by atoms with E-state index in [1.54, 1.807) is 12.1 Å². The molecule has 0 unspecified atom stereocenters. The van der Waals surface area contributed by atoms with E-state index in [2.05, 4.69) is 16.0 Å². The second kappa shape index (κ2) is 11.1. The molecule has 0 saturated carbocycles. The summed E-state index contributed by atoms with van der Waals surface area (Å²) in [6, 6.07) is 26.9. The summed E-state index contributed by atoms with van der Waals surface area (Å²) in [4.78, 5) is 31.6. The first-order valence-electron chi connectivity index (χ1n) is 12.4. The number of fused-ring (bicyclic) bond motifs is 1. The highest BCUT2D eigenvalue weighted by Gasteiger charge is 2.25. The number of rotatable bonds is 8. The van der Waals surface area contributed by atoms with Crippen molar-refractivity contribution in [2.75, 3.05) is 19.6 Å². The van der Waals surface area contributed by atoms with Crippen LogP contribution in [0.2, 0.25) is 0 Å². The maximum atomic E-state index is 12.7. The number of ether oxygens (including phenoxy) is 1. The second-order valence-electron chi connectivity index (χ2n) is 9.10. The van der Waals surface area contributed by atoms with Gasteiger partial charge in [-0.3, -0.25) is 9.59 Å². The Morgan fingerprint density at radius 2 is 1.56 bits per heavy atom. The van der Waals surface area contributed by atoms with Crippen molar-refractivity contribution in [3.63, 3.8) is 0 Å². The molecule has 2 amide bonds. The van der Waals surface area contributed by atoms with Crippen molar-refractivity contribution in [1.29, 1.82) is 0 Å². The number of hydrogen-bond donors (Lipinski definition) is 1. The van der Waals surface area contributed by atoms with Gasteiger partial charge in [-0.1, -0.05) is 48.5 Å². The molecule has 4 aromatic rings. The van der Waals surface area contributed by atoms with Crippen LogP contribution in [0.25, 0.3) is 11.0 Å². The number of para-hydroxylation sites is 3. The number of amides is 2. The minimum atomic E-state index is -0.226. The predicted octanol–water partition coefficient (Wildman–Crippen LogP) is 4.28. The van der Waals surface area contributed by atoms with Crippen LogP contribution >= 0.6 is 0 Å². The van der Waals surface area contributed by atoms with Crippen LogP contribution in [-0.2, 0) is 17.9 Å². The SMILES string of the molecule is O=C(NCC(=O)N1CCC(Cn2c(COc3ccccc3)nc3ccccc32)CC1)c1ccccc1. The van der Waals surface area contributed by atoms with E-state index < -0.39 is 0 Å². The number of hydrogen-bond acceptors (Lipinski definition) is 4. The first kappa shape index (κ1) is 23.6. The van der Waals surface area contributed by atoms with Crippen LogP contribution in [0, 0.1) is 5.92 Å².